The predicted octanol–water partition coefficient (Wildman–Crippen LogP) is 1.62. The van der Waals surface area contributed by atoms with Gasteiger partial charge in [-0.2, -0.15) is 0 Å². The molecular formula is C18H31N5OS. The Labute approximate surface area is 155 Å². The van der Waals surface area contributed by atoms with Crippen molar-refractivity contribution < 1.29 is 4.79 Å². The summed E-state index contributed by atoms with van der Waals surface area (Å²) in [5.74, 6) is 1.42. The van der Waals surface area contributed by atoms with Gasteiger partial charge in [-0.1, -0.05) is 13.0 Å². The number of guanidine groups is 1. The van der Waals surface area contributed by atoms with E-state index in [0.717, 1.165) is 45.0 Å². The molecule has 1 saturated heterocycles. The molecule has 1 unspecified atom stereocenters. The lowest BCUT2D eigenvalue weighted by molar-refractivity contribution is -0.122. The number of piperidine rings is 1. The van der Waals surface area contributed by atoms with Gasteiger partial charge in [0.15, 0.2) is 5.96 Å². The Morgan fingerprint density at radius 3 is 2.80 bits per heavy atom. The molecule has 1 aliphatic rings. The van der Waals surface area contributed by atoms with Gasteiger partial charge in [-0.15, -0.1) is 11.3 Å². The standard InChI is InChI=1S/C18H31N5OS/c1-4-20-18(21-12-14(2)16-6-5-11-25-16)22-15-7-9-23(10-8-15)13-17(24)19-3/h5-6,11,14-15H,4,7-10,12-13H2,1-3H3,(H,19,24)(H2,20,21,22). The molecule has 1 aliphatic heterocycles. The average molecular weight is 366 g/mol. The Morgan fingerprint density at radius 1 is 1.44 bits per heavy atom. The van der Waals surface area contributed by atoms with Crippen LogP contribution in [0, 0.1) is 0 Å². The Balaban J connectivity index is 1.81. The molecule has 140 valence electrons. The van der Waals surface area contributed by atoms with E-state index in [0.29, 0.717) is 18.5 Å². The minimum absolute atomic E-state index is 0.0869. The van der Waals surface area contributed by atoms with Crippen molar-refractivity contribution in [3.63, 3.8) is 0 Å². The minimum atomic E-state index is 0.0869. The summed E-state index contributed by atoms with van der Waals surface area (Å²) in [6.45, 7) is 8.32. The molecule has 6 nitrogen and oxygen atoms in total. The normalized spacial score (nSPS) is 18.0. The second-order valence-corrected chi connectivity index (χ2v) is 7.48. The number of hydrogen-bond donors (Lipinski definition) is 3. The van der Waals surface area contributed by atoms with Crippen LogP contribution in [0.2, 0.25) is 0 Å². The number of rotatable bonds is 7. The van der Waals surface area contributed by atoms with Gasteiger partial charge in [0, 0.05) is 43.5 Å². The number of carbonyl (C=O) groups is 1. The van der Waals surface area contributed by atoms with Crippen molar-refractivity contribution in [2.45, 2.75) is 38.6 Å². The van der Waals surface area contributed by atoms with Crippen LogP contribution in [-0.2, 0) is 4.79 Å². The number of likely N-dealkylation sites (tertiary alicyclic amines) is 1. The highest BCUT2D eigenvalue weighted by Crippen LogP contribution is 2.20. The molecule has 2 heterocycles. The maximum Gasteiger partial charge on any atom is 0.233 e. The molecular weight excluding hydrogens is 334 g/mol. The fourth-order valence-electron chi connectivity index (χ4n) is 2.92. The minimum Gasteiger partial charge on any atom is -0.358 e. The number of carbonyl (C=O) groups excluding carboxylic acids is 1. The van der Waals surface area contributed by atoms with Crippen molar-refractivity contribution >= 4 is 23.2 Å². The van der Waals surface area contributed by atoms with Gasteiger partial charge < -0.3 is 16.0 Å². The van der Waals surface area contributed by atoms with Crippen LogP contribution < -0.4 is 16.0 Å². The zero-order valence-corrected chi connectivity index (χ0v) is 16.4. The second-order valence-electron chi connectivity index (χ2n) is 6.50. The number of nitrogens with one attached hydrogen (secondary N) is 3. The molecule has 0 aliphatic carbocycles. The maximum atomic E-state index is 11.5. The van der Waals surface area contributed by atoms with Crippen molar-refractivity contribution in [1.29, 1.82) is 0 Å². The largest absolute Gasteiger partial charge is 0.358 e. The molecule has 0 spiro atoms. The van der Waals surface area contributed by atoms with Gasteiger partial charge in [0.2, 0.25) is 5.91 Å². The third kappa shape index (κ3) is 6.66. The van der Waals surface area contributed by atoms with E-state index in [4.69, 9.17) is 4.99 Å². The summed E-state index contributed by atoms with van der Waals surface area (Å²) in [4.78, 5) is 19.8. The van der Waals surface area contributed by atoms with E-state index in [1.165, 1.54) is 4.88 Å². The summed E-state index contributed by atoms with van der Waals surface area (Å²) in [5.41, 5.74) is 0. The molecule has 1 amide bonds. The molecule has 0 bridgehead atoms. The summed E-state index contributed by atoms with van der Waals surface area (Å²) in [6.07, 6.45) is 2.06. The summed E-state index contributed by atoms with van der Waals surface area (Å²) >= 11 is 1.79. The number of likely N-dealkylation sites (N-methyl/N-ethyl adjacent to an activating group) is 1. The highest BCUT2D eigenvalue weighted by Gasteiger charge is 2.21. The number of hydrogen-bond acceptors (Lipinski definition) is 4. The molecule has 0 aromatic carbocycles. The van der Waals surface area contributed by atoms with Crippen molar-refractivity contribution in [2.24, 2.45) is 4.99 Å². The van der Waals surface area contributed by atoms with Crippen molar-refractivity contribution in [2.75, 3.05) is 39.8 Å². The van der Waals surface area contributed by atoms with Crippen LogP contribution in [0.15, 0.2) is 22.5 Å². The van der Waals surface area contributed by atoms with Crippen molar-refractivity contribution in [3.05, 3.63) is 22.4 Å². The Bertz CT molecular complexity index is 538. The lowest BCUT2D eigenvalue weighted by atomic mass is 10.1. The van der Waals surface area contributed by atoms with Gasteiger partial charge in [-0.25, -0.2) is 0 Å². The molecule has 1 aromatic rings. The first-order valence-corrected chi connectivity index (χ1v) is 10.0. The quantitative estimate of drug-likeness (QED) is 0.507. The smallest absolute Gasteiger partial charge is 0.233 e. The van der Waals surface area contributed by atoms with E-state index in [2.05, 4.69) is 52.2 Å². The van der Waals surface area contributed by atoms with Crippen LogP contribution >= 0.6 is 11.3 Å². The topological polar surface area (TPSA) is 68.8 Å². The molecule has 1 fully saturated rings. The Morgan fingerprint density at radius 2 is 2.20 bits per heavy atom. The highest BCUT2D eigenvalue weighted by atomic mass is 32.1. The molecule has 2 rings (SSSR count). The zero-order chi connectivity index (χ0) is 18.1. The molecule has 0 radical (unpaired) electrons. The summed E-state index contributed by atoms with van der Waals surface area (Å²) < 4.78 is 0. The van der Waals surface area contributed by atoms with E-state index in [1.54, 1.807) is 18.4 Å². The van der Waals surface area contributed by atoms with Crippen LogP contribution in [0.5, 0.6) is 0 Å². The van der Waals surface area contributed by atoms with Gasteiger partial charge in [0.1, 0.15) is 0 Å². The SMILES string of the molecule is CCNC(=NCC(C)c1cccs1)NC1CCN(CC(=O)NC)CC1. The van der Waals surface area contributed by atoms with E-state index in [-0.39, 0.29) is 5.91 Å². The van der Waals surface area contributed by atoms with Crippen LogP contribution in [0.4, 0.5) is 0 Å². The number of nitrogens with zero attached hydrogens (tertiary/aromatic N) is 2. The summed E-state index contributed by atoms with van der Waals surface area (Å²) in [6, 6.07) is 4.68. The van der Waals surface area contributed by atoms with E-state index < -0.39 is 0 Å². The van der Waals surface area contributed by atoms with E-state index >= 15 is 0 Å². The van der Waals surface area contributed by atoms with Gasteiger partial charge in [0.25, 0.3) is 0 Å². The fraction of sp³-hybridized carbons (Fsp3) is 0.667. The van der Waals surface area contributed by atoms with Crippen LogP contribution in [0.1, 0.15) is 37.5 Å². The number of aliphatic imine (C=N–C) groups is 1. The lowest BCUT2D eigenvalue weighted by Crippen LogP contribution is -2.50. The average Bonchev–Trinajstić information content (AvgIpc) is 3.16. The Kier molecular flexibility index (Phi) is 8.21. The molecule has 7 heteroatoms. The van der Waals surface area contributed by atoms with Crippen molar-refractivity contribution in [3.8, 4) is 0 Å². The molecule has 3 N–H and O–H groups in total. The Hall–Kier alpha value is -1.60. The number of thiophene rings is 1. The number of amides is 1. The van der Waals surface area contributed by atoms with Crippen LogP contribution in [0.3, 0.4) is 0 Å². The molecule has 1 aromatic heterocycles. The van der Waals surface area contributed by atoms with Crippen molar-refractivity contribution in [1.82, 2.24) is 20.9 Å². The van der Waals surface area contributed by atoms with E-state index in [9.17, 15) is 4.79 Å². The molecule has 1 atom stereocenters. The van der Waals surface area contributed by atoms with Crippen LogP contribution in [0.25, 0.3) is 0 Å². The van der Waals surface area contributed by atoms with Gasteiger partial charge in [-0.3, -0.25) is 14.7 Å². The zero-order valence-electron chi connectivity index (χ0n) is 15.5. The van der Waals surface area contributed by atoms with E-state index in [1.807, 2.05) is 0 Å². The predicted molar refractivity (Wildman–Crippen MR) is 105 cm³/mol. The third-order valence-corrected chi connectivity index (χ3v) is 5.57. The first kappa shape index (κ1) is 19.7. The summed E-state index contributed by atoms with van der Waals surface area (Å²) in [7, 11) is 1.69. The van der Waals surface area contributed by atoms with Gasteiger partial charge in [0.05, 0.1) is 13.1 Å². The first-order chi connectivity index (χ1) is 12.1. The molecule has 0 saturated carbocycles. The third-order valence-electron chi connectivity index (χ3n) is 4.47. The van der Waals surface area contributed by atoms with Gasteiger partial charge >= 0.3 is 0 Å². The maximum absolute atomic E-state index is 11.5. The summed E-state index contributed by atoms with van der Waals surface area (Å²) in [5, 5.41) is 11.7. The highest BCUT2D eigenvalue weighted by molar-refractivity contribution is 7.10. The first-order valence-electron chi connectivity index (χ1n) is 9.13. The monoisotopic (exact) mass is 365 g/mol. The van der Waals surface area contributed by atoms with Crippen LogP contribution in [-0.4, -0.2) is 62.6 Å². The second kappa shape index (κ2) is 10.4. The molecule has 25 heavy (non-hydrogen) atoms. The van der Waals surface area contributed by atoms with Gasteiger partial charge in [-0.05, 0) is 31.2 Å². The lowest BCUT2D eigenvalue weighted by Gasteiger charge is -2.32. The fourth-order valence-corrected chi connectivity index (χ4v) is 3.70.